The summed E-state index contributed by atoms with van der Waals surface area (Å²) in [6, 6.07) is 7.11. The summed E-state index contributed by atoms with van der Waals surface area (Å²) >= 11 is 3.29. The van der Waals surface area contributed by atoms with Gasteiger partial charge >= 0.3 is 0 Å². The minimum absolute atomic E-state index is 0.105. The van der Waals surface area contributed by atoms with Crippen molar-refractivity contribution < 1.29 is 13.2 Å². The molecular weight excluding hydrogens is 344 g/mol. The fourth-order valence-corrected chi connectivity index (χ4v) is 3.07. The zero-order valence-corrected chi connectivity index (χ0v) is 13.9. The van der Waals surface area contributed by atoms with Gasteiger partial charge < -0.3 is 10.6 Å². The van der Waals surface area contributed by atoms with Gasteiger partial charge in [0, 0.05) is 17.1 Å². The van der Waals surface area contributed by atoms with E-state index in [0.29, 0.717) is 12.1 Å². The molecule has 0 spiro atoms. The third-order valence-electron chi connectivity index (χ3n) is 2.75. The summed E-state index contributed by atoms with van der Waals surface area (Å²) < 4.78 is 24.7. The molecule has 1 unspecified atom stereocenters. The van der Waals surface area contributed by atoms with E-state index in [0.717, 1.165) is 4.47 Å². The molecule has 7 heteroatoms. The van der Waals surface area contributed by atoms with Crippen molar-refractivity contribution in [3.05, 3.63) is 34.3 Å². The molecule has 1 aromatic rings. The fourth-order valence-electron chi connectivity index (χ4n) is 1.51. The maximum Gasteiger partial charge on any atom is 0.235 e. The van der Waals surface area contributed by atoms with Crippen LogP contribution in [0.15, 0.2) is 28.7 Å². The molecule has 1 atom stereocenters. The number of carbonyl (C=O) groups excluding carboxylic acids is 1. The molecule has 20 heavy (non-hydrogen) atoms. The molecule has 0 aliphatic heterocycles. The lowest BCUT2D eigenvalue weighted by Crippen LogP contribution is -2.39. The molecule has 5 nitrogen and oxygen atoms in total. The molecule has 0 saturated heterocycles. The van der Waals surface area contributed by atoms with Gasteiger partial charge in [0.15, 0.2) is 9.84 Å². The number of benzene rings is 1. The molecule has 0 aliphatic carbocycles. The Morgan fingerprint density at radius 3 is 2.45 bits per heavy atom. The summed E-state index contributed by atoms with van der Waals surface area (Å²) in [4.78, 5) is 11.6. The Kier molecular flexibility index (Phi) is 6.64. The predicted octanol–water partition coefficient (Wildman–Crippen LogP) is 1.09. The average molecular weight is 363 g/mol. The second-order valence-corrected chi connectivity index (χ2v) is 7.63. The first kappa shape index (κ1) is 17.1. The van der Waals surface area contributed by atoms with Gasteiger partial charge in [-0.05, 0) is 31.7 Å². The lowest BCUT2D eigenvalue weighted by atomic mass is 10.2. The van der Waals surface area contributed by atoms with E-state index in [9.17, 15) is 13.2 Å². The maximum atomic E-state index is 11.9. The van der Waals surface area contributed by atoms with Crippen molar-refractivity contribution in [3.63, 3.8) is 0 Å². The van der Waals surface area contributed by atoms with E-state index in [1.54, 1.807) is 31.3 Å². The van der Waals surface area contributed by atoms with E-state index < -0.39 is 21.5 Å². The number of amides is 1. The lowest BCUT2D eigenvalue weighted by molar-refractivity contribution is -0.118. The number of hydrogen-bond acceptors (Lipinski definition) is 4. The quantitative estimate of drug-likeness (QED) is 0.761. The van der Waals surface area contributed by atoms with Crippen molar-refractivity contribution in [1.29, 1.82) is 0 Å². The van der Waals surface area contributed by atoms with Gasteiger partial charge in [-0.15, -0.1) is 0 Å². The van der Waals surface area contributed by atoms with Crippen LogP contribution in [0.1, 0.15) is 12.5 Å². The van der Waals surface area contributed by atoms with Gasteiger partial charge in [-0.3, -0.25) is 4.79 Å². The van der Waals surface area contributed by atoms with E-state index in [4.69, 9.17) is 0 Å². The normalized spacial score (nSPS) is 12.9. The molecule has 2 N–H and O–H groups in total. The highest BCUT2D eigenvalue weighted by Crippen LogP contribution is 2.13. The Balaban J connectivity index is 2.52. The van der Waals surface area contributed by atoms with Crippen molar-refractivity contribution in [2.24, 2.45) is 0 Å². The minimum atomic E-state index is -3.45. The van der Waals surface area contributed by atoms with Crippen LogP contribution in [0.25, 0.3) is 0 Å². The van der Waals surface area contributed by atoms with Gasteiger partial charge in [-0.1, -0.05) is 28.1 Å². The molecule has 1 aromatic carbocycles. The molecule has 0 saturated carbocycles. The Labute approximate surface area is 128 Å². The fraction of sp³-hybridized carbons (Fsp3) is 0.462. The molecule has 0 heterocycles. The van der Waals surface area contributed by atoms with Gasteiger partial charge in [-0.25, -0.2) is 8.42 Å². The molecule has 0 fully saturated rings. The summed E-state index contributed by atoms with van der Waals surface area (Å²) in [6.07, 6.45) is 0. The van der Waals surface area contributed by atoms with Gasteiger partial charge in [0.2, 0.25) is 5.91 Å². The second-order valence-electron chi connectivity index (χ2n) is 4.65. The summed E-state index contributed by atoms with van der Waals surface area (Å²) in [5.74, 6) is -1.08. The zero-order valence-electron chi connectivity index (χ0n) is 11.5. The standard InChI is InChI=1S/C13H19BrN2O3S/c1-10(15-2)7-16-13(17)9-20(18,19)8-11-3-5-12(14)6-4-11/h3-6,10,15H,7-9H2,1-2H3,(H,16,17). The van der Waals surface area contributed by atoms with Crippen molar-refractivity contribution in [2.75, 3.05) is 19.3 Å². The highest BCUT2D eigenvalue weighted by atomic mass is 79.9. The average Bonchev–Trinajstić information content (AvgIpc) is 2.37. The van der Waals surface area contributed by atoms with Gasteiger partial charge in [0.05, 0.1) is 5.75 Å². The number of nitrogens with one attached hydrogen (secondary N) is 2. The molecule has 1 amide bonds. The molecule has 0 aliphatic rings. The van der Waals surface area contributed by atoms with Crippen LogP contribution in [0.5, 0.6) is 0 Å². The van der Waals surface area contributed by atoms with Gasteiger partial charge in [-0.2, -0.15) is 0 Å². The third kappa shape index (κ3) is 6.49. The molecule has 112 valence electrons. The van der Waals surface area contributed by atoms with Crippen LogP contribution in [0.2, 0.25) is 0 Å². The van der Waals surface area contributed by atoms with E-state index in [2.05, 4.69) is 26.6 Å². The number of halogens is 1. The Morgan fingerprint density at radius 1 is 1.30 bits per heavy atom. The highest BCUT2D eigenvalue weighted by molar-refractivity contribution is 9.10. The largest absolute Gasteiger partial charge is 0.354 e. The van der Waals surface area contributed by atoms with Gasteiger partial charge in [0.25, 0.3) is 0 Å². The maximum absolute atomic E-state index is 11.9. The van der Waals surface area contributed by atoms with Crippen LogP contribution in [0.3, 0.4) is 0 Å². The number of carbonyl (C=O) groups is 1. The molecule has 1 rings (SSSR count). The van der Waals surface area contributed by atoms with Crippen LogP contribution < -0.4 is 10.6 Å². The van der Waals surface area contributed by atoms with E-state index >= 15 is 0 Å². The van der Waals surface area contributed by atoms with Crippen molar-refractivity contribution in [3.8, 4) is 0 Å². The lowest BCUT2D eigenvalue weighted by Gasteiger charge is -2.11. The van der Waals surface area contributed by atoms with Crippen LogP contribution in [0.4, 0.5) is 0 Å². The summed E-state index contributed by atoms with van der Waals surface area (Å²) in [5, 5.41) is 5.56. The monoisotopic (exact) mass is 362 g/mol. The van der Waals surface area contributed by atoms with Crippen LogP contribution >= 0.6 is 15.9 Å². The number of sulfone groups is 1. The summed E-state index contributed by atoms with van der Waals surface area (Å²) in [5.41, 5.74) is 0.671. The third-order valence-corrected chi connectivity index (χ3v) is 4.75. The minimum Gasteiger partial charge on any atom is -0.354 e. The predicted molar refractivity (Wildman–Crippen MR) is 83.2 cm³/mol. The summed E-state index contributed by atoms with van der Waals surface area (Å²) in [6.45, 7) is 2.31. The first-order valence-electron chi connectivity index (χ1n) is 6.21. The van der Waals surface area contributed by atoms with E-state index in [1.165, 1.54) is 0 Å². The van der Waals surface area contributed by atoms with Crippen molar-refractivity contribution in [1.82, 2.24) is 10.6 Å². The Bertz CT molecular complexity index is 543. The molecule has 0 bridgehead atoms. The first-order chi connectivity index (χ1) is 9.32. The summed E-state index contributed by atoms with van der Waals surface area (Å²) in [7, 11) is -1.67. The molecule has 0 radical (unpaired) electrons. The first-order valence-corrected chi connectivity index (χ1v) is 8.82. The Hall–Kier alpha value is -0.920. The van der Waals surface area contributed by atoms with Crippen LogP contribution in [-0.4, -0.2) is 39.7 Å². The smallest absolute Gasteiger partial charge is 0.235 e. The number of rotatable bonds is 7. The number of hydrogen-bond donors (Lipinski definition) is 2. The Morgan fingerprint density at radius 2 is 1.90 bits per heavy atom. The second kappa shape index (κ2) is 7.75. The van der Waals surface area contributed by atoms with Gasteiger partial charge in [0.1, 0.15) is 5.75 Å². The number of likely N-dealkylation sites (N-methyl/N-ethyl adjacent to an activating group) is 1. The molecule has 0 aromatic heterocycles. The van der Waals surface area contributed by atoms with E-state index in [1.807, 2.05) is 6.92 Å². The SMILES string of the molecule is CNC(C)CNC(=O)CS(=O)(=O)Cc1ccc(Br)cc1. The molecular formula is C13H19BrN2O3S. The van der Waals surface area contributed by atoms with Crippen molar-refractivity contribution in [2.45, 2.75) is 18.7 Å². The zero-order chi connectivity index (χ0) is 15.2. The topological polar surface area (TPSA) is 75.3 Å². The van der Waals surface area contributed by atoms with Crippen LogP contribution in [-0.2, 0) is 20.4 Å². The van der Waals surface area contributed by atoms with Crippen molar-refractivity contribution >= 4 is 31.7 Å². The van der Waals surface area contributed by atoms with E-state index in [-0.39, 0.29) is 11.8 Å². The van der Waals surface area contributed by atoms with Crippen LogP contribution in [0, 0.1) is 0 Å². The highest BCUT2D eigenvalue weighted by Gasteiger charge is 2.17.